The van der Waals surface area contributed by atoms with Gasteiger partial charge in [0.25, 0.3) is 5.91 Å². The van der Waals surface area contributed by atoms with Gasteiger partial charge in [0.15, 0.2) is 0 Å². The Morgan fingerprint density at radius 3 is 2.30 bits per heavy atom. The van der Waals surface area contributed by atoms with Crippen LogP contribution in [0, 0.1) is 11.6 Å². The summed E-state index contributed by atoms with van der Waals surface area (Å²) >= 11 is 0. The van der Waals surface area contributed by atoms with E-state index in [1.54, 1.807) is 6.07 Å². The number of nitrogens with zero attached hydrogens (tertiary/aromatic N) is 2. The molecule has 1 aliphatic heterocycles. The maximum Gasteiger partial charge on any atom is 0.416 e. The number of hydrogen-bond acceptors (Lipinski definition) is 2. The fourth-order valence-electron chi connectivity index (χ4n) is 3.05. The summed E-state index contributed by atoms with van der Waals surface area (Å²) in [6.07, 6.45) is -4.39. The summed E-state index contributed by atoms with van der Waals surface area (Å²) in [6.45, 7) is 1.86. The molecule has 1 heterocycles. The number of alkyl halides is 3. The molecule has 0 saturated carbocycles. The van der Waals surface area contributed by atoms with Crippen molar-refractivity contribution >= 4 is 5.91 Å². The number of piperazine rings is 1. The summed E-state index contributed by atoms with van der Waals surface area (Å²) in [5.74, 6) is -2.19. The van der Waals surface area contributed by atoms with Gasteiger partial charge in [-0.15, -0.1) is 0 Å². The number of halogens is 5. The van der Waals surface area contributed by atoms with Gasteiger partial charge in [-0.05, 0) is 23.8 Å². The van der Waals surface area contributed by atoms with E-state index in [1.165, 1.54) is 11.0 Å². The fourth-order valence-corrected chi connectivity index (χ4v) is 3.05. The number of benzene rings is 2. The second-order valence-corrected chi connectivity index (χ2v) is 6.39. The predicted molar refractivity (Wildman–Crippen MR) is 89.0 cm³/mol. The van der Waals surface area contributed by atoms with Gasteiger partial charge in [-0.3, -0.25) is 9.69 Å². The summed E-state index contributed by atoms with van der Waals surface area (Å²) in [5.41, 5.74) is -0.350. The number of rotatable bonds is 3. The van der Waals surface area contributed by atoms with Crippen LogP contribution in [-0.4, -0.2) is 41.9 Å². The number of carbonyl (C=O) groups excluding carboxylic acids is 1. The van der Waals surface area contributed by atoms with Crippen molar-refractivity contribution in [2.24, 2.45) is 0 Å². The molecule has 0 bridgehead atoms. The predicted octanol–water partition coefficient (Wildman–Crippen LogP) is 3.94. The van der Waals surface area contributed by atoms with E-state index in [-0.39, 0.29) is 5.56 Å². The lowest BCUT2D eigenvalue weighted by Gasteiger charge is -2.35. The molecule has 2 aromatic rings. The zero-order valence-corrected chi connectivity index (χ0v) is 14.3. The maximum atomic E-state index is 13.8. The third-order valence-electron chi connectivity index (χ3n) is 4.48. The van der Waals surface area contributed by atoms with Gasteiger partial charge in [0, 0.05) is 38.8 Å². The highest BCUT2D eigenvalue weighted by molar-refractivity contribution is 5.94. The Morgan fingerprint density at radius 1 is 0.963 bits per heavy atom. The van der Waals surface area contributed by atoms with Gasteiger partial charge in [-0.2, -0.15) is 13.2 Å². The summed E-state index contributed by atoms with van der Waals surface area (Å²) in [4.78, 5) is 15.8. The lowest BCUT2D eigenvalue weighted by molar-refractivity contribution is -0.137. The van der Waals surface area contributed by atoms with Crippen molar-refractivity contribution in [2.75, 3.05) is 26.2 Å². The highest BCUT2D eigenvalue weighted by Gasteiger charge is 2.30. The summed E-state index contributed by atoms with van der Waals surface area (Å²) in [6, 6.07) is 7.94. The van der Waals surface area contributed by atoms with Gasteiger partial charge >= 0.3 is 6.18 Å². The monoisotopic (exact) mass is 384 g/mol. The number of carbonyl (C=O) groups is 1. The molecule has 0 N–H and O–H groups in total. The highest BCUT2D eigenvalue weighted by atomic mass is 19.4. The zero-order chi connectivity index (χ0) is 19.6. The van der Waals surface area contributed by atoms with Crippen molar-refractivity contribution in [2.45, 2.75) is 12.7 Å². The molecule has 0 aromatic heterocycles. The molecule has 8 heteroatoms. The van der Waals surface area contributed by atoms with Crippen molar-refractivity contribution in [3.05, 3.63) is 70.8 Å². The Kier molecular flexibility index (Phi) is 5.46. The van der Waals surface area contributed by atoms with Crippen LogP contribution in [0.4, 0.5) is 22.0 Å². The van der Waals surface area contributed by atoms with Gasteiger partial charge in [0.05, 0.1) is 11.1 Å². The Balaban J connectivity index is 1.60. The SMILES string of the molecule is O=C(c1ccc(F)cc1F)N1CCN(Cc2cccc(C(F)(F)F)c2)CC1. The first-order valence-corrected chi connectivity index (χ1v) is 8.37. The summed E-state index contributed by atoms with van der Waals surface area (Å²) < 4.78 is 65.1. The van der Waals surface area contributed by atoms with Gasteiger partial charge in [0.2, 0.25) is 0 Å². The van der Waals surface area contributed by atoms with Crippen LogP contribution in [-0.2, 0) is 12.7 Å². The van der Waals surface area contributed by atoms with Crippen LogP contribution in [0.15, 0.2) is 42.5 Å². The average molecular weight is 384 g/mol. The van der Waals surface area contributed by atoms with Crippen molar-refractivity contribution in [1.29, 1.82) is 0 Å². The molecular weight excluding hydrogens is 367 g/mol. The zero-order valence-electron chi connectivity index (χ0n) is 14.3. The van der Waals surface area contributed by atoms with E-state index in [4.69, 9.17) is 0 Å². The van der Waals surface area contributed by atoms with E-state index in [9.17, 15) is 26.7 Å². The minimum atomic E-state index is -4.39. The molecule has 0 atom stereocenters. The van der Waals surface area contributed by atoms with E-state index in [0.717, 1.165) is 24.3 Å². The van der Waals surface area contributed by atoms with Crippen molar-refractivity contribution in [3.63, 3.8) is 0 Å². The molecular formula is C19H17F5N2O. The van der Waals surface area contributed by atoms with Gasteiger partial charge < -0.3 is 4.90 Å². The number of amides is 1. The molecule has 1 amide bonds. The van der Waals surface area contributed by atoms with Crippen LogP contribution in [0.2, 0.25) is 0 Å². The Morgan fingerprint density at radius 2 is 1.67 bits per heavy atom. The molecule has 1 saturated heterocycles. The Bertz CT molecular complexity index is 829. The molecule has 27 heavy (non-hydrogen) atoms. The smallest absolute Gasteiger partial charge is 0.336 e. The van der Waals surface area contributed by atoms with E-state index < -0.39 is 29.3 Å². The second kappa shape index (κ2) is 7.64. The quantitative estimate of drug-likeness (QED) is 0.749. The molecule has 1 aliphatic rings. The summed E-state index contributed by atoms with van der Waals surface area (Å²) in [7, 11) is 0. The van der Waals surface area contributed by atoms with E-state index in [1.807, 2.05) is 4.90 Å². The van der Waals surface area contributed by atoms with Crippen LogP contribution in [0.1, 0.15) is 21.5 Å². The standard InChI is InChI=1S/C19H17F5N2O/c20-15-4-5-16(17(21)11-15)18(27)26-8-6-25(7-9-26)12-13-2-1-3-14(10-13)19(22,23)24/h1-5,10-11H,6-9,12H2. The third-order valence-corrected chi connectivity index (χ3v) is 4.48. The van der Waals surface area contributed by atoms with Gasteiger partial charge in [-0.1, -0.05) is 18.2 Å². The number of hydrogen-bond donors (Lipinski definition) is 0. The molecule has 0 unspecified atom stereocenters. The first kappa shape index (κ1) is 19.3. The van der Waals surface area contributed by atoms with E-state index in [0.29, 0.717) is 44.4 Å². The topological polar surface area (TPSA) is 23.6 Å². The van der Waals surface area contributed by atoms with Gasteiger partial charge in [-0.25, -0.2) is 8.78 Å². The molecule has 2 aromatic carbocycles. The molecule has 1 fully saturated rings. The lowest BCUT2D eigenvalue weighted by Crippen LogP contribution is -2.48. The maximum absolute atomic E-state index is 13.8. The largest absolute Gasteiger partial charge is 0.416 e. The van der Waals surface area contributed by atoms with Crippen molar-refractivity contribution in [1.82, 2.24) is 9.80 Å². The fraction of sp³-hybridized carbons (Fsp3) is 0.316. The highest BCUT2D eigenvalue weighted by Crippen LogP contribution is 2.29. The molecule has 3 nitrogen and oxygen atoms in total. The minimum absolute atomic E-state index is 0.192. The molecule has 0 aliphatic carbocycles. The lowest BCUT2D eigenvalue weighted by atomic mass is 10.1. The second-order valence-electron chi connectivity index (χ2n) is 6.39. The average Bonchev–Trinajstić information content (AvgIpc) is 2.61. The van der Waals surface area contributed by atoms with Crippen LogP contribution < -0.4 is 0 Å². The van der Waals surface area contributed by atoms with Crippen LogP contribution in [0.25, 0.3) is 0 Å². The Hall–Kier alpha value is -2.48. The normalized spacial score (nSPS) is 15.8. The molecule has 0 radical (unpaired) electrons. The first-order chi connectivity index (χ1) is 12.7. The first-order valence-electron chi connectivity index (χ1n) is 8.37. The third kappa shape index (κ3) is 4.63. The molecule has 0 spiro atoms. The molecule has 144 valence electrons. The molecule has 3 rings (SSSR count). The van der Waals surface area contributed by atoms with Gasteiger partial charge in [0.1, 0.15) is 11.6 Å². The minimum Gasteiger partial charge on any atom is -0.336 e. The van der Waals surface area contributed by atoms with Crippen LogP contribution in [0.3, 0.4) is 0 Å². The van der Waals surface area contributed by atoms with Crippen LogP contribution in [0.5, 0.6) is 0 Å². The van der Waals surface area contributed by atoms with Crippen molar-refractivity contribution < 1.29 is 26.7 Å². The van der Waals surface area contributed by atoms with Crippen LogP contribution >= 0.6 is 0 Å². The van der Waals surface area contributed by atoms with E-state index >= 15 is 0 Å². The Labute approximate surface area is 153 Å². The van der Waals surface area contributed by atoms with E-state index in [2.05, 4.69) is 0 Å². The summed E-state index contributed by atoms with van der Waals surface area (Å²) in [5, 5.41) is 0. The van der Waals surface area contributed by atoms with Crippen molar-refractivity contribution in [3.8, 4) is 0 Å².